The summed E-state index contributed by atoms with van der Waals surface area (Å²) in [6, 6.07) is 8.48. The third-order valence-electron chi connectivity index (χ3n) is 5.09. The summed E-state index contributed by atoms with van der Waals surface area (Å²) in [5.74, 6) is -0.166. The number of carbonyl (C=O) groups excluding carboxylic acids is 1. The van der Waals surface area contributed by atoms with Gasteiger partial charge in [-0.2, -0.15) is 0 Å². The highest BCUT2D eigenvalue weighted by molar-refractivity contribution is 7.91. The summed E-state index contributed by atoms with van der Waals surface area (Å²) in [6.07, 6.45) is 0.299. The third kappa shape index (κ3) is 4.51. The lowest BCUT2D eigenvalue weighted by molar-refractivity contribution is 0.0675. The van der Waals surface area contributed by atoms with E-state index in [0.29, 0.717) is 29.2 Å². The van der Waals surface area contributed by atoms with Gasteiger partial charge in [-0.15, -0.1) is 0 Å². The number of ether oxygens (including phenoxy) is 3. The normalized spacial score (nSPS) is 17.4. The van der Waals surface area contributed by atoms with Crippen LogP contribution < -0.4 is 14.2 Å². The fourth-order valence-electron chi connectivity index (χ4n) is 3.60. The maximum absolute atomic E-state index is 14.3. The molecule has 1 heterocycles. The minimum absolute atomic E-state index is 0.00598. The van der Waals surface area contributed by atoms with Crippen LogP contribution in [0.1, 0.15) is 22.3 Å². The number of hydrogen-bond acceptors (Lipinski definition) is 6. The van der Waals surface area contributed by atoms with Crippen molar-refractivity contribution in [2.24, 2.45) is 0 Å². The molecule has 1 aliphatic rings. The summed E-state index contributed by atoms with van der Waals surface area (Å²) >= 11 is 0. The van der Waals surface area contributed by atoms with Crippen molar-refractivity contribution in [1.29, 1.82) is 0 Å². The van der Waals surface area contributed by atoms with E-state index in [0.717, 1.165) is 0 Å². The minimum Gasteiger partial charge on any atom is -0.493 e. The molecular formula is C21H24FNO6S. The summed E-state index contributed by atoms with van der Waals surface area (Å²) in [5.41, 5.74) is 0.535. The molecule has 1 fully saturated rings. The maximum Gasteiger partial charge on any atom is 0.257 e. The Labute approximate surface area is 175 Å². The van der Waals surface area contributed by atoms with Crippen LogP contribution in [0.4, 0.5) is 4.39 Å². The summed E-state index contributed by atoms with van der Waals surface area (Å²) < 4.78 is 54.4. The molecule has 2 aromatic carbocycles. The number of nitrogens with zero attached hydrogens (tertiary/aromatic N) is 1. The molecular weight excluding hydrogens is 413 g/mol. The quantitative estimate of drug-likeness (QED) is 0.663. The molecule has 0 aliphatic carbocycles. The number of sulfone groups is 1. The summed E-state index contributed by atoms with van der Waals surface area (Å²) in [5, 5.41) is 0. The predicted octanol–water partition coefficient (Wildman–Crippen LogP) is 2.68. The van der Waals surface area contributed by atoms with Gasteiger partial charge in [-0.25, -0.2) is 12.8 Å². The average Bonchev–Trinajstić information content (AvgIpc) is 3.10. The van der Waals surface area contributed by atoms with Crippen molar-refractivity contribution in [3.63, 3.8) is 0 Å². The lowest BCUT2D eigenvalue weighted by Gasteiger charge is -2.29. The highest BCUT2D eigenvalue weighted by atomic mass is 32.2. The van der Waals surface area contributed by atoms with E-state index in [1.54, 1.807) is 18.2 Å². The maximum atomic E-state index is 14.3. The molecule has 7 nitrogen and oxygen atoms in total. The van der Waals surface area contributed by atoms with Gasteiger partial charge in [0.05, 0.1) is 38.4 Å². The largest absolute Gasteiger partial charge is 0.493 e. The SMILES string of the molecule is COc1cc(CN(C(=O)c2ccccc2F)[C@@H]2CCS(=O)(=O)C2)cc(OC)c1OC. The van der Waals surface area contributed by atoms with Gasteiger partial charge in [0.2, 0.25) is 5.75 Å². The molecule has 1 atom stereocenters. The first-order valence-corrected chi connectivity index (χ1v) is 11.2. The van der Waals surface area contributed by atoms with Crippen molar-refractivity contribution >= 4 is 15.7 Å². The van der Waals surface area contributed by atoms with Crippen molar-refractivity contribution in [3.05, 3.63) is 53.3 Å². The van der Waals surface area contributed by atoms with Crippen LogP contribution in [0.15, 0.2) is 36.4 Å². The molecule has 1 saturated heterocycles. The van der Waals surface area contributed by atoms with Crippen LogP contribution in [-0.2, 0) is 16.4 Å². The Balaban J connectivity index is 2.01. The molecule has 0 N–H and O–H groups in total. The van der Waals surface area contributed by atoms with Crippen LogP contribution in [0.2, 0.25) is 0 Å². The topological polar surface area (TPSA) is 82.1 Å². The lowest BCUT2D eigenvalue weighted by Crippen LogP contribution is -2.41. The fourth-order valence-corrected chi connectivity index (χ4v) is 5.33. The Kier molecular flexibility index (Phi) is 6.50. The van der Waals surface area contributed by atoms with Crippen molar-refractivity contribution in [2.45, 2.75) is 19.0 Å². The number of rotatable bonds is 7. The first-order chi connectivity index (χ1) is 14.3. The molecule has 162 valence electrons. The van der Waals surface area contributed by atoms with Crippen molar-refractivity contribution < 1.29 is 31.8 Å². The molecule has 30 heavy (non-hydrogen) atoms. The highest BCUT2D eigenvalue weighted by Crippen LogP contribution is 2.39. The van der Waals surface area contributed by atoms with Gasteiger partial charge in [0.1, 0.15) is 5.82 Å². The highest BCUT2D eigenvalue weighted by Gasteiger charge is 2.36. The number of amides is 1. The zero-order valence-corrected chi connectivity index (χ0v) is 17.9. The van der Waals surface area contributed by atoms with E-state index in [9.17, 15) is 17.6 Å². The van der Waals surface area contributed by atoms with Gasteiger partial charge in [0.15, 0.2) is 21.3 Å². The molecule has 0 spiro atoms. The summed E-state index contributed by atoms with van der Waals surface area (Å²) in [4.78, 5) is 14.6. The van der Waals surface area contributed by atoms with Crippen LogP contribution in [0.25, 0.3) is 0 Å². The fraction of sp³-hybridized carbons (Fsp3) is 0.381. The van der Waals surface area contributed by atoms with Crippen LogP contribution in [0, 0.1) is 5.82 Å². The monoisotopic (exact) mass is 437 g/mol. The third-order valence-corrected chi connectivity index (χ3v) is 6.84. The number of carbonyl (C=O) groups is 1. The molecule has 0 bridgehead atoms. The summed E-state index contributed by atoms with van der Waals surface area (Å²) in [7, 11) is 1.19. The second kappa shape index (κ2) is 8.91. The number of hydrogen-bond donors (Lipinski definition) is 0. The van der Waals surface area contributed by atoms with E-state index in [-0.39, 0.29) is 23.6 Å². The Morgan fingerprint density at radius 3 is 2.23 bits per heavy atom. The standard InChI is InChI=1S/C21H24FNO6S/c1-27-18-10-14(11-19(28-2)20(18)29-3)12-23(15-8-9-30(25,26)13-15)21(24)16-6-4-5-7-17(16)22/h4-7,10-11,15H,8-9,12-13H2,1-3H3/t15-/m1/s1. The van der Waals surface area contributed by atoms with Gasteiger partial charge in [-0.3, -0.25) is 4.79 Å². The van der Waals surface area contributed by atoms with E-state index >= 15 is 0 Å². The van der Waals surface area contributed by atoms with E-state index in [4.69, 9.17) is 14.2 Å². The molecule has 2 aromatic rings. The van der Waals surface area contributed by atoms with E-state index in [2.05, 4.69) is 0 Å². The van der Waals surface area contributed by atoms with Crippen molar-refractivity contribution in [1.82, 2.24) is 4.90 Å². The Morgan fingerprint density at radius 1 is 1.10 bits per heavy atom. The van der Waals surface area contributed by atoms with Crippen molar-refractivity contribution in [3.8, 4) is 17.2 Å². The minimum atomic E-state index is -3.25. The number of methoxy groups -OCH3 is 3. The zero-order chi connectivity index (χ0) is 21.9. The van der Waals surface area contributed by atoms with Gasteiger partial charge in [0.25, 0.3) is 5.91 Å². The molecule has 1 aliphatic heterocycles. The van der Waals surface area contributed by atoms with Gasteiger partial charge < -0.3 is 19.1 Å². The Bertz CT molecular complexity index is 1010. The molecule has 0 radical (unpaired) electrons. The van der Waals surface area contributed by atoms with Crippen molar-refractivity contribution in [2.75, 3.05) is 32.8 Å². The zero-order valence-electron chi connectivity index (χ0n) is 17.1. The number of halogens is 1. The van der Waals surface area contributed by atoms with Gasteiger partial charge in [0, 0.05) is 12.6 Å². The van der Waals surface area contributed by atoms with Crippen LogP contribution >= 0.6 is 0 Å². The first kappa shape index (κ1) is 21.9. The van der Waals surface area contributed by atoms with E-state index in [1.165, 1.54) is 44.4 Å². The van der Waals surface area contributed by atoms with E-state index < -0.39 is 27.6 Å². The molecule has 0 aromatic heterocycles. The van der Waals surface area contributed by atoms with Crippen LogP contribution in [-0.4, -0.2) is 58.1 Å². The smallest absolute Gasteiger partial charge is 0.257 e. The summed E-state index contributed by atoms with van der Waals surface area (Å²) in [6.45, 7) is 0.0596. The molecule has 0 unspecified atom stereocenters. The van der Waals surface area contributed by atoms with Gasteiger partial charge >= 0.3 is 0 Å². The van der Waals surface area contributed by atoms with Crippen LogP contribution in [0.3, 0.4) is 0 Å². The Morgan fingerprint density at radius 2 is 1.73 bits per heavy atom. The van der Waals surface area contributed by atoms with Gasteiger partial charge in [-0.05, 0) is 36.2 Å². The molecule has 0 saturated carbocycles. The van der Waals surface area contributed by atoms with E-state index in [1.807, 2.05) is 0 Å². The molecule has 3 rings (SSSR count). The van der Waals surface area contributed by atoms with Gasteiger partial charge in [-0.1, -0.05) is 12.1 Å². The predicted molar refractivity (Wildman–Crippen MR) is 109 cm³/mol. The second-order valence-electron chi connectivity index (χ2n) is 7.00. The molecule has 9 heteroatoms. The average molecular weight is 437 g/mol. The number of benzene rings is 2. The lowest BCUT2D eigenvalue weighted by atomic mass is 10.1. The molecule has 1 amide bonds. The Hall–Kier alpha value is -2.81. The first-order valence-electron chi connectivity index (χ1n) is 9.34. The second-order valence-corrected chi connectivity index (χ2v) is 9.23. The van der Waals surface area contributed by atoms with Crippen LogP contribution in [0.5, 0.6) is 17.2 Å².